The zero-order valence-corrected chi connectivity index (χ0v) is 15.0. The van der Waals surface area contributed by atoms with Crippen molar-refractivity contribution in [3.05, 3.63) is 30.2 Å². The van der Waals surface area contributed by atoms with Gasteiger partial charge in [0.25, 0.3) is 0 Å². The van der Waals surface area contributed by atoms with E-state index in [4.69, 9.17) is 14.8 Å². The summed E-state index contributed by atoms with van der Waals surface area (Å²) < 4.78 is 6.30. The van der Waals surface area contributed by atoms with Crippen molar-refractivity contribution in [2.75, 3.05) is 18.4 Å². The maximum absolute atomic E-state index is 9.01. The monoisotopic (exact) mass is 353 g/mol. The van der Waals surface area contributed by atoms with Gasteiger partial charge in [0.1, 0.15) is 5.76 Å². The molecule has 2 unspecified atom stereocenters. The largest absolute Gasteiger partial charge is 0.361 e. The van der Waals surface area contributed by atoms with Gasteiger partial charge in [0, 0.05) is 24.7 Å². The van der Waals surface area contributed by atoms with Gasteiger partial charge in [-0.05, 0) is 43.9 Å². The maximum atomic E-state index is 9.01. The average Bonchev–Trinajstić information content (AvgIpc) is 3.32. The molecule has 0 bridgehead atoms. The van der Waals surface area contributed by atoms with Crippen LogP contribution in [0.5, 0.6) is 0 Å². The van der Waals surface area contributed by atoms with E-state index in [1.165, 1.54) is 0 Å². The summed E-state index contributed by atoms with van der Waals surface area (Å²) in [4.78, 5) is 6.53. The van der Waals surface area contributed by atoms with E-state index in [1.807, 2.05) is 17.9 Å². The number of rotatable bonds is 4. The Balaban J connectivity index is 1.53. The third kappa shape index (κ3) is 3.05. The second-order valence-electron chi connectivity index (χ2n) is 6.52. The Morgan fingerprint density at radius 1 is 1.48 bits per heavy atom. The van der Waals surface area contributed by atoms with Crippen LogP contribution in [0.15, 0.2) is 28.9 Å². The molecule has 7 heteroatoms. The Hall–Kier alpha value is -2.59. The van der Waals surface area contributed by atoms with E-state index >= 15 is 0 Å². The molecular weight excluding hydrogens is 334 g/mol. The van der Waals surface area contributed by atoms with E-state index in [1.54, 1.807) is 17.5 Å². The molecule has 1 N–H and O–H groups in total. The Morgan fingerprint density at radius 3 is 3.08 bits per heavy atom. The number of anilines is 1. The summed E-state index contributed by atoms with van der Waals surface area (Å²) in [5.74, 6) is 1.29. The van der Waals surface area contributed by atoms with E-state index in [2.05, 4.69) is 35.7 Å². The molecule has 25 heavy (non-hydrogen) atoms. The fraction of sp³-hybridized carbons (Fsp3) is 0.389. The van der Waals surface area contributed by atoms with Gasteiger partial charge in [-0.15, -0.1) is 0 Å². The van der Waals surface area contributed by atoms with Crippen molar-refractivity contribution in [3.8, 4) is 17.3 Å². The van der Waals surface area contributed by atoms with Gasteiger partial charge < -0.3 is 14.7 Å². The highest BCUT2D eigenvalue weighted by molar-refractivity contribution is 7.22. The molecule has 0 radical (unpaired) electrons. The summed E-state index contributed by atoms with van der Waals surface area (Å²) in [6.07, 6.45) is 5.03. The van der Waals surface area contributed by atoms with Crippen molar-refractivity contribution in [3.63, 3.8) is 0 Å². The molecule has 0 saturated carbocycles. The number of fused-ring (bicyclic) bond motifs is 1. The molecule has 3 heterocycles. The van der Waals surface area contributed by atoms with E-state index < -0.39 is 0 Å². The lowest BCUT2D eigenvalue weighted by Crippen LogP contribution is -2.27. The van der Waals surface area contributed by atoms with Gasteiger partial charge in [-0.2, -0.15) is 5.26 Å². The van der Waals surface area contributed by atoms with Crippen LogP contribution in [0.4, 0.5) is 5.13 Å². The van der Waals surface area contributed by atoms with Gasteiger partial charge in [-0.1, -0.05) is 22.6 Å². The predicted octanol–water partition coefficient (Wildman–Crippen LogP) is 3.86. The SMILES string of the molecule is Cc1oncc1-c1ccc2nc(NC(C)C3CCN(C#N)C3)sc2c1. The number of hydrogen-bond acceptors (Lipinski definition) is 7. The molecule has 1 aromatic carbocycles. The molecule has 1 aliphatic heterocycles. The third-order valence-electron chi connectivity index (χ3n) is 4.87. The van der Waals surface area contributed by atoms with Crippen LogP contribution in [-0.4, -0.2) is 34.2 Å². The van der Waals surface area contributed by atoms with Crippen LogP contribution in [0.3, 0.4) is 0 Å². The number of nitrogens with one attached hydrogen (secondary N) is 1. The minimum atomic E-state index is 0.290. The molecule has 3 aromatic rings. The highest BCUT2D eigenvalue weighted by Gasteiger charge is 2.27. The minimum absolute atomic E-state index is 0.290. The van der Waals surface area contributed by atoms with Gasteiger partial charge >= 0.3 is 0 Å². The Kier molecular flexibility index (Phi) is 4.06. The van der Waals surface area contributed by atoms with Crippen molar-refractivity contribution in [2.24, 2.45) is 5.92 Å². The molecule has 2 atom stereocenters. The Labute approximate surface area is 150 Å². The summed E-state index contributed by atoms with van der Waals surface area (Å²) in [6, 6.07) is 6.52. The number of hydrogen-bond donors (Lipinski definition) is 1. The molecule has 2 aromatic heterocycles. The second-order valence-corrected chi connectivity index (χ2v) is 7.56. The molecule has 1 saturated heterocycles. The Bertz CT molecular complexity index is 940. The van der Waals surface area contributed by atoms with Crippen LogP contribution in [0, 0.1) is 24.3 Å². The minimum Gasteiger partial charge on any atom is -0.361 e. The number of nitrogens with zero attached hydrogens (tertiary/aromatic N) is 4. The van der Waals surface area contributed by atoms with Gasteiger partial charge in [0.2, 0.25) is 0 Å². The number of thiazole rings is 1. The van der Waals surface area contributed by atoms with Crippen LogP contribution in [-0.2, 0) is 0 Å². The summed E-state index contributed by atoms with van der Waals surface area (Å²) in [5, 5.41) is 17.3. The third-order valence-corrected chi connectivity index (χ3v) is 5.82. The van der Waals surface area contributed by atoms with E-state index in [-0.39, 0.29) is 0 Å². The number of likely N-dealkylation sites (tertiary alicyclic amines) is 1. The smallest absolute Gasteiger partial charge is 0.184 e. The number of benzene rings is 1. The molecule has 1 aliphatic rings. The molecular formula is C18H19N5OS. The van der Waals surface area contributed by atoms with Crippen molar-refractivity contribution in [2.45, 2.75) is 26.3 Å². The lowest BCUT2D eigenvalue weighted by Gasteiger charge is -2.19. The summed E-state index contributed by atoms with van der Waals surface area (Å²) in [5.41, 5.74) is 3.10. The highest BCUT2D eigenvalue weighted by atomic mass is 32.1. The van der Waals surface area contributed by atoms with Crippen LogP contribution in [0.1, 0.15) is 19.1 Å². The summed E-state index contributed by atoms with van der Waals surface area (Å²) in [7, 11) is 0. The number of aryl methyl sites for hydroxylation is 1. The first-order valence-corrected chi connectivity index (χ1v) is 9.19. The summed E-state index contributed by atoms with van der Waals surface area (Å²) >= 11 is 1.66. The zero-order chi connectivity index (χ0) is 17.4. The molecule has 4 rings (SSSR count). The first-order chi connectivity index (χ1) is 12.1. The second kappa shape index (κ2) is 6.37. The first kappa shape index (κ1) is 15.9. The molecule has 1 fully saturated rings. The van der Waals surface area contributed by atoms with Crippen LogP contribution in [0.2, 0.25) is 0 Å². The zero-order valence-electron chi connectivity index (χ0n) is 14.2. The molecule has 128 valence electrons. The topological polar surface area (TPSA) is 78.0 Å². The number of aromatic nitrogens is 2. The quantitative estimate of drug-likeness (QED) is 0.718. The average molecular weight is 353 g/mol. The van der Waals surface area contributed by atoms with E-state index in [0.717, 1.165) is 51.7 Å². The fourth-order valence-electron chi connectivity index (χ4n) is 3.33. The van der Waals surface area contributed by atoms with Crippen LogP contribution < -0.4 is 5.32 Å². The molecule has 0 spiro atoms. The molecule has 0 aliphatic carbocycles. The van der Waals surface area contributed by atoms with Crippen molar-refractivity contribution in [1.82, 2.24) is 15.0 Å². The van der Waals surface area contributed by atoms with Crippen molar-refractivity contribution < 1.29 is 4.52 Å². The van der Waals surface area contributed by atoms with E-state index in [0.29, 0.717) is 12.0 Å². The standard InChI is InChI=1S/C18H19N5OS/c1-11(14-5-6-23(9-14)10-19)21-18-22-16-4-3-13(7-17(16)25-18)15-8-20-24-12(15)2/h3-4,7-8,11,14H,5-6,9H2,1-2H3,(H,21,22). The Morgan fingerprint density at radius 2 is 2.36 bits per heavy atom. The predicted molar refractivity (Wildman–Crippen MR) is 98.2 cm³/mol. The van der Waals surface area contributed by atoms with Gasteiger partial charge in [-0.25, -0.2) is 4.98 Å². The highest BCUT2D eigenvalue weighted by Crippen LogP contribution is 2.32. The van der Waals surface area contributed by atoms with Crippen molar-refractivity contribution in [1.29, 1.82) is 5.26 Å². The fourth-order valence-corrected chi connectivity index (χ4v) is 4.33. The first-order valence-electron chi connectivity index (χ1n) is 8.37. The molecule has 0 amide bonds. The van der Waals surface area contributed by atoms with Gasteiger partial charge in [0.05, 0.1) is 16.4 Å². The lowest BCUT2D eigenvalue weighted by atomic mass is 10.0. The van der Waals surface area contributed by atoms with Crippen molar-refractivity contribution >= 4 is 26.7 Å². The van der Waals surface area contributed by atoms with Gasteiger partial charge in [0.15, 0.2) is 11.3 Å². The lowest BCUT2D eigenvalue weighted by molar-refractivity contribution is 0.398. The maximum Gasteiger partial charge on any atom is 0.184 e. The van der Waals surface area contributed by atoms with Crippen LogP contribution in [0.25, 0.3) is 21.3 Å². The van der Waals surface area contributed by atoms with Crippen LogP contribution >= 0.6 is 11.3 Å². The molecule has 6 nitrogen and oxygen atoms in total. The summed E-state index contributed by atoms with van der Waals surface area (Å²) in [6.45, 7) is 5.77. The van der Waals surface area contributed by atoms with Gasteiger partial charge in [-0.3, -0.25) is 0 Å². The van der Waals surface area contributed by atoms with E-state index in [9.17, 15) is 0 Å². The number of nitriles is 1. The normalized spacial score (nSPS) is 18.4.